The Balaban J connectivity index is 2.00. The zero-order chi connectivity index (χ0) is 10.3. The molecule has 0 bridgehead atoms. The first-order chi connectivity index (χ1) is 7.34. The summed E-state index contributed by atoms with van der Waals surface area (Å²) in [5.41, 5.74) is 4.00. The lowest BCUT2D eigenvalue weighted by Crippen LogP contribution is -2.25. The fourth-order valence-corrected chi connectivity index (χ4v) is 2.81. The first kappa shape index (κ1) is 9.17. The van der Waals surface area contributed by atoms with Crippen LogP contribution in [0.3, 0.4) is 0 Å². The predicted octanol–water partition coefficient (Wildman–Crippen LogP) is 2.90. The van der Waals surface area contributed by atoms with Crippen molar-refractivity contribution in [1.82, 2.24) is 0 Å². The quantitative estimate of drug-likeness (QED) is 0.637. The van der Waals surface area contributed by atoms with Gasteiger partial charge in [0.1, 0.15) is 0 Å². The third-order valence-electron chi connectivity index (χ3n) is 3.65. The van der Waals surface area contributed by atoms with Gasteiger partial charge in [-0.15, -0.1) is 0 Å². The minimum Gasteiger partial charge on any atom is -0.389 e. The highest BCUT2D eigenvalue weighted by Gasteiger charge is 2.28. The normalized spacial score (nSPS) is 33.5. The number of fused-ring (bicyclic) bond motifs is 2. The van der Waals surface area contributed by atoms with Gasteiger partial charge in [-0.1, -0.05) is 30.4 Å². The Bertz CT molecular complexity index is 396. The average Bonchev–Trinajstić information content (AvgIpc) is 2.27. The molecule has 0 saturated heterocycles. The third kappa shape index (κ3) is 1.51. The van der Waals surface area contributed by atoms with Gasteiger partial charge >= 0.3 is 0 Å². The van der Waals surface area contributed by atoms with Crippen molar-refractivity contribution in [1.29, 1.82) is 0 Å². The van der Waals surface area contributed by atoms with Crippen LogP contribution in [0.15, 0.2) is 47.1 Å². The molecule has 1 N–H and O–H groups in total. The second kappa shape index (κ2) is 3.49. The fourth-order valence-electron chi connectivity index (χ4n) is 2.81. The van der Waals surface area contributed by atoms with E-state index < -0.39 is 0 Å². The topological polar surface area (TPSA) is 20.2 Å². The molecule has 1 saturated carbocycles. The van der Waals surface area contributed by atoms with Crippen LogP contribution < -0.4 is 0 Å². The molecule has 15 heavy (non-hydrogen) atoms. The lowest BCUT2D eigenvalue weighted by atomic mass is 9.75. The summed E-state index contributed by atoms with van der Waals surface area (Å²) in [5.74, 6) is 0.507. The molecule has 1 nitrogen and oxygen atoms in total. The van der Waals surface area contributed by atoms with E-state index in [4.69, 9.17) is 0 Å². The minimum atomic E-state index is -0.201. The Morgan fingerprint density at radius 1 is 1.27 bits per heavy atom. The SMILES string of the molecule is OC1CCCC2C=C3CC=CC=C3C=C12. The van der Waals surface area contributed by atoms with E-state index in [1.54, 1.807) is 0 Å². The summed E-state index contributed by atoms with van der Waals surface area (Å²) < 4.78 is 0. The Kier molecular flexibility index (Phi) is 2.14. The zero-order valence-electron chi connectivity index (χ0n) is 8.82. The van der Waals surface area contributed by atoms with E-state index in [-0.39, 0.29) is 6.10 Å². The fraction of sp³-hybridized carbons (Fsp3) is 0.429. The molecule has 3 aliphatic rings. The first-order valence-corrected chi connectivity index (χ1v) is 5.82. The van der Waals surface area contributed by atoms with E-state index in [1.807, 2.05) is 0 Å². The summed E-state index contributed by atoms with van der Waals surface area (Å²) in [6.07, 6.45) is 15.2. The van der Waals surface area contributed by atoms with Crippen molar-refractivity contribution < 1.29 is 5.11 Å². The maximum atomic E-state index is 9.95. The van der Waals surface area contributed by atoms with Gasteiger partial charge in [-0.25, -0.2) is 0 Å². The largest absolute Gasteiger partial charge is 0.389 e. The van der Waals surface area contributed by atoms with Crippen LogP contribution in [0.4, 0.5) is 0 Å². The molecule has 0 aromatic rings. The number of hydrogen-bond acceptors (Lipinski definition) is 1. The van der Waals surface area contributed by atoms with E-state index in [9.17, 15) is 5.11 Å². The monoisotopic (exact) mass is 200 g/mol. The van der Waals surface area contributed by atoms with E-state index in [2.05, 4.69) is 30.4 Å². The van der Waals surface area contributed by atoms with E-state index in [0.717, 1.165) is 19.3 Å². The lowest BCUT2D eigenvalue weighted by Gasteiger charge is -2.32. The molecule has 2 atom stereocenters. The summed E-state index contributed by atoms with van der Waals surface area (Å²) in [7, 11) is 0. The van der Waals surface area contributed by atoms with Crippen LogP contribution in [0.2, 0.25) is 0 Å². The molecule has 1 fully saturated rings. The van der Waals surface area contributed by atoms with Gasteiger partial charge in [0, 0.05) is 5.92 Å². The van der Waals surface area contributed by atoms with Crippen molar-refractivity contribution >= 4 is 0 Å². The van der Waals surface area contributed by atoms with Crippen molar-refractivity contribution in [3.8, 4) is 0 Å². The molecule has 0 heterocycles. The standard InChI is InChI=1S/C14H16O/c15-14-7-3-6-12-8-10-4-1-2-5-11(10)9-13(12)14/h1-2,5,8-9,12,14-15H,3-4,6-7H2. The number of aliphatic hydroxyl groups is 1. The molecule has 0 radical (unpaired) electrons. The number of rotatable bonds is 0. The van der Waals surface area contributed by atoms with Crippen LogP contribution in [0.25, 0.3) is 0 Å². The molecule has 3 rings (SSSR count). The summed E-state index contributed by atoms with van der Waals surface area (Å²) in [4.78, 5) is 0. The van der Waals surface area contributed by atoms with Gasteiger partial charge < -0.3 is 5.11 Å². The molecule has 3 aliphatic carbocycles. The maximum Gasteiger partial charge on any atom is 0.0759 e. The highest BCUT2D eigenvalue weighted by molar-refractivity contribution is 5.52. The van der Waals surface area contributed by atoms with Crippen LogP contribution in [0, 0.1) is 5.92 Å². The Morgan fingerprint density at radius 3 is 3.13 bits per heavy atom. The molecule has 0 aromatic heterocycles. The van der Waals surface area contributed by atoms with Gasteiger partial charge in [0.25, 0.3) is 0 Å². The summed E-state index contributed by atoms with van der Waals surface area (Å²) in [6.45, 7) is 0. The lowest BCUT2D eigenvalue weighted by molar-refractivity contribution is 0.167. The summed E-state index contributed by atoms with van der Waals surface area (Å²) in [5, 5.41) is 9.95. The second-order valence-electron chi connectivity index (χ2n) is 4.64. The van der Waals surface area contributed by atoms with Gasteiger partial charge in [-0.3, -0.25) is 0 Å². The van der Waals surface area contributed by atoms with Gasteiger partial charge in [0.2, 0.25) is 0 Å². The molecule has 0 amide bonds. The van der Waals surface area contributed by atoms with Gasteiger partial charge in [0.15, 0.2) is 0 Å². The highest BCUT2D eigenvalue weighted by atomic mass is 16.3. The van der Waals surface area contributed by atoms with Crippen LogP contribution in [-0.4, -0.2) is 11.2 Å². The van der Waals surface area contributed by atoms with Crippen molar-refractivity contribution in [3.05, 3.63) is 47.1 Å². The van der Waals surface area contributed by atoms with E-state index in [1.165, 1.54) is 23.1 Å². The third-order valence-corrected chi connectivity index (χ3v) is 3.65. The minimum absolute atomic E-state index is 0.201. The van der Waals surface area contributed by atoms with E-state index in [0.29, 0.717) is 5.92 Å². The van der Waals surface area contributed by atoms with E-state index >= 15 is 0 Å². The number of hydrogen-bond donors (Lipinski definition) is 1. The van der Waals surface area contributed by atoms with Gasteiger partial charge in [-0.05, 0) is 42.4 Å². The van der Waals surface area contributed by atoms with Crippen molar-refractivity contribution in [2.45, 2.75) is 31.8 Å². The Labute approximate surface area is 90.5 Å². The average molecular weight is 200 g/mol. The van der Waals surface area contributed by atoms with Gasteiger partial charge in [0.05, 0.1) is 6.10 Å². The molecule has 0 aliphatic heterocycles. The van der Waals surface area contributed by atoms with Crippen molar-refractivity contribution in [2.75, 3.05) is 0 Å². The predicted molar refractivity (Wildman–Crippen MR) is 61.4 cm³/mol. The van der Waals surface area contributed by atoms with Gasteiger partial charge in [-0.2, -0.15) is 0 Å². The highest BCUT2D eigenvalue weighted by Crippen LogP contribution is 2.39. The Morgan fingerprint density at radius 2 is 2.20 bits per heavy atom. The molecule has 0 aromatic carbocycles. The van der Waals surface area contributed by atoms with Crippen LogP contribution >= 0.6 is 0 Å². The maximum absolute atomic E-state index is 9.95. The zero-order valence-corrected chi connectivity index (χ0v) is 8.82. The van der Waals surface area contributed by atoms with Crippen LogP contribution in [0.1, 0.15) is 25.7 Å². The first-order valence-electron chi connectivity index (χ1n) is 5.82. The van der Waals surface area contributed by atoms with Crippen LogP contribution in [-0.2, 0) is 0 Å². The number of allylic oxidation sites excluding steroid dienone is 7. The van der Waals surface area contributed by atoms with Crippen LogP contribution in [0.5, 0.6) is 0 Å². The summed E-state index contributed by atoms with van der Waals surface area (Å²) in [6, 6.07) is 0. The number of aliphatic hydroxyl groups excluding tert-OH is 1. The molecule has 78 valence electrons. The Hall–Kier alpha value is -1.08. The molecule has 0 spiro atoms. The molecular formula is C14H16O. The summed E-state index contributed by atoms with van der Waals surface area (Å²) >= 11 is 0. The smallest absolute Gasteiger partial charge is 0.0759 e. The molecule has 2 unspecified atom stereocenters. The second-order valence-corrected chi connectivity index (χ2v) is 4.64. The molecule has 1 heteroatoms. The van der Waals surface area contributed by atoms with Crippen molar-refractivity contribution in [2.24, 2.45) is 5.92 Å². The van der Waals surface area contributed by atoms with Crippen molar-refractivity contribution in [3.63, 3.8) is 0 Å². The molecular weight excluding hydrogens is 184 g/mol.